The summed E-state index contributed by atoms with van der Waals surface area (Å²) in [6.07, 6.45) is 8.60. The average Bonchev–Trinajstić information content (AvgIpc) is 2.46. The van der Waals surface area contributed by atoms with E-state index in [-0.39, 0.29) is 0 Å². The molecule has 2 rings (SSSR count). The van der Waals surface area contributed by atoms with Gasteiger partial charge in [0.15, 0.2) is 0 Å². The maximum Gasteiger partial charge on any atom is 0.0206 e. The zero-order valence-corrected chi connectivity index (χ0v) is 9.41. The minimum atomic E-state index is 0.429. The molecule has 0 aromatic heterocycles. The Morgan fingerprint density at radius 1 is 1.00 bits per heavy atom. The predicted octanol–water partition coefficient (Wildman–Crippen LogP) is 1.99. The third-order valence-electron chi connectivity index (χ3n) is 4.04. The van der Waals surface area contributed by atoms with Gasteiger partial charge in [0, 0.05) is 25.2 Å². The Morgan fingerprint density at radius 2 is 1.64 bits per heavy atom. The Morgan fingerprint density at radius 3 is 2.14 bits per heavy atom. The van der Waals surface area contributed by atoms with Gasteiger partial charge in [-0.1, -0.05) is 32.6 Å². The molecule has 82 valence electrons. The first kappa shape index (κ1) is 10.4. The van der Waals surface area contributed by atoms with E-state index in [1.165, 1.54) is 45.1 Å². The molecule has 0 radical (unpaired) electrons. The van der Waals surface area contributed by atoms with Crippen molar-refractivity contribution < 1.29 is 0 Å². The first-order chi connectivity index (χ1) is 6.77. The van der Waals surface area contributed by atoms with Crippen LogP contribution in [-0.4, -0.2) is 30.1 Å². The Hall–Kier alpha value is -0.0800. The fraction of sp³-hybridized carbons (Fsp3) is 1.00. The van der Waals surface area contributed by atoms with E-state index in [1.807, 2.05) is 0 Å². The number of nitrogens with zero attached hydrogens (tertiary/aromatic N) is 1. The van der Waals surface area contributed by atoms with Crippen molar-refractivity contribution in [3.63, 3.8) is 0 Å². The second-order valence-electron chi connectivity index (χ2n) is 5.24. The molecule has 2 unspecified atom stereocenters. The molecular formula is C12H24N2. The summed E-state index contributed by atoms with van der Waals surface area (Å²) in [6, 6.07) is 1.28. The molecule has 1 heterocycles. The molecule has 14 heavy (non-hydrogen) atoms. The van der Waals surface area contributed by atoms with Crippen molar-refractivity contribution in [1.29, 1.82) is 0 Å². The van der Waals surface area contributed by atoms with Crippen LogP contribution < -0.4 is 5.73 Å². The highest BCUT2D eigenvalue weighted by molar-refractivity contribution is 4.88. The monoisotopic (exact) mass is 196 g/mol. The van der Waals surface area contributed by atoms with E-state index in [2.05, 4.69) is 11.8 Å². The van der Waals surface area contributed by atoms with E-state index in [0.717, 1.165) is 12.6 Å². The number of rotatable bonds is 1. The lowest BCUT2D eigenvalue weighted by molar-refractivity contribution is 0.214. The van der Waals surface area contributed by atoms with Crippen LogP contribution in [0.4, 0.5) is 0 Å². The van der Waals surface area contributed by atoms with Crippen molar-refractivity contribution in [2.24, 2.45) is 11.7 Å². The summed E-state index contributed by atoms with van der Waals surface area (Å²) in [6.45, 7) is 4.68. The molecule has 1 saturated heterocycles. The van der Waals surface area contributed by atoms with Crippen LogP contribution in [0, 0.1) is 5.92 Å². The smallest absolute Gasteiger partial charge is 0.0206 e. The van der Waals surface area contributed by atoms with Crippen LogP contribution in [-0.2, 0) is 0 Å². The molecule has 2 heteroatoms. The van der Waals surface area contributed by atoms with Gasteiger partial charge in [-0.25, -0.2) is 0 Å². The van der Waals surface area contributed by atoms with Crippen LogP contribution in [0.1, 0.15) is 45.4 Å². The first-order valence-corrected chi connectivity index (χ1v) is 6.27. The summed E-state index contributed by atoms with van der Waals surface area (Å²) in [5, 5.41) is 0. The van der Waals surface area contributed by atoms with Gasteiger partial charge < -0.3 is 5.73 Å². The van der Waals surface area contributed by atoms with Crippen molar-refractivity contribution >= 4 is 0 Å². The fourth-order valence-corrected chi connectivity index (χ4v) is 2.95. The van der Waals surface area contributed by atoms with Gasteiger partial charge in [-0.3, -0.25) is 4.90 Å². The second kappa shape index (κ2) is 4.63. The van der Waals surface area contributed by atoms with Gasteiger partial charge in [-0.05, 0) is 18.8 Å². The molecule has 0 spiro atoms. The van der Waals surface area contributed by atoms with E-state index in [0.29, 0.717) is 12.0 Å². The van der Waals surface area contributed by atoms with Gasteiger partial charge >= 0.3 is 0 Å². The lowest BCUT2D eigenvalue weighted by Gasteiger charge is -2.26. The molecule has 0 amide bonds. The van der Waals surface area contributed by atoms with Crippen molar-refractivity contribution in [3.05, 3.63) is 0 Å². The summed E-state index contributed by atoms with van der Waals surface area (Å²) < 4.78 is 0. The van der Waals surface area contributed by atoms with Crippen molar-refractivity contribution in [3.8, 4) is 0 Å². The average molecular weight is 196 g/mol. The Balaban J connectivity index is 1.88. The molecule has 0 aromatic rings. The van der Waals surface area contributed by atoms with Gasteiger partial charge in [0.25, 0.3) is 0 Å². The minimum absolute atomic E-state index is 0.429. The molecule has 2 fully saturated rings. The Bertz CT molecular complexity index is 163. The third kappa shape index (κ3) is 2.29. The van der Waals surface area contributed by atoms with E-state index in [9.17, 15) is 0 Å². The largest absolute Gasteiger partial charge is 0.326 e. The number of likely N-dealkylation sites (tertiary alicyclic amines) is 1. The van der Waals surface area contributed by atoms with Crippen LogP contribution in [0.3, 0.4) is 0 Å². The summed E-state index contributed by atoms with van der Waals surface area (Å²) >= 11 is 0. The standard InChI is InChI=1S/C12H24N2/c1-10-8-14(9-12(10)13)11-6-4-2-3-5-7-11/h10-12H,2-9,13H2,1H3. The highest BCUT2D eigenvalue weighted by Crippen LogP contribution is 2.26. The summed E-state index contributed by atoms with van der Waals surface area (Å²) in [5.41, 5.74) is 6.07. The second-order valence-corrected chi connectivity index (χ2v) is 5.24. The highest BCUT2D eigenvalue weighted by atomic mass is 15.2. The molecule has 2 N–H and O–H groups in total. The van der Waals surface area contributed by atoms with Gasteiger partial charge in [-0.2, -0.15) is 0 Å². The zero-order valence-electron chi connectivity index (χ0n) is 9.41. The van der Waals surface area contributed by atoms with Crippen molar-refractivity contribution in [1.82, 2.24) is 4.90 Å². The Kier molecular flexibility index (Phi) is 3.45. The lowest BCUT2D eigenvalue weighted by Crippen LogP contribution is -2.35. The normalized spacial score (nSPS) is 37.3. The highest BCUT2D eigenvalue weighted by Gasteiger charge is 2.31. The SMILES string of the molecule is CC1CN(C2CCCCCC2)CC1N. The lowest BCUT2D eigenvalue weighted by atomic mass is 10.1. The van der Waals surface area contributed by atoms with Crippen LogP contribution >= 0.6 is 0 Å². The molecule has 2 nitrogen and oxygen atoms in total. The van der Waals surface area contributed by atoms with Crippen LogP contribution in [0.5, 0.6) is 0 Å². The zero-order chi connectivity index (χ0) is 9.97. The number of hydrogen-bond donors (Lipinski definition) is 1. The summed E-state index contributed by atoms with van der Waals surface area (Å²) in [5.74, 6) is 0.707. The molecule has 0 bridgehead atoms. The minimum Gasteiger partial charge on any atom is -0.326 e. The van der Waals surface area contributed by atoms with E-state index in [1.54, 1.807) is 0 Å². The maximum atomic E-state index is 6.07. The summed E-state index contributed by atoms with van der Waals surface area (Å²) in [4.78, 5) is 2.65. The van der Waals surface area contributed by atoms with Crippen LogP contribution in [0.25, 0.3) is 0 Å². The molecule has 1 saturated carbocycles. The number of hydrogen-bond acceptors (Lipinski definition) is 2. The predicted molar refractivity (Wildman–Crippen MR) is 60.2 cm³/mol. The molecule has 1 aliphatic carbocycles. The van der Waals surface area contributed by atoms with Crippen LogP contribution in [0.2, 0.25) is 0 Å². The topological polar surface area (TPSA) is 29.3 Å². The van der Waals surface area contributed by atoms with E-state index < -0.39 is 0 Å². The fourth-order valence-electron chi connectivity index (χ4n) is 2.95. The molecule has 1 aliphatic heterocycles. The van der Waals surface area contributed by atoms with Gasteiger partial charge in [-0.15, -0.1) is 0 Å². The summed E-state index contributed by atoms with van der Waals surface area (Å²) in [7, 11) is 0. The van der Waals surface area contributed by atoms with Gasteiger partial charge in [0.05, 0.1) is 0 Å². The third-order valence-corrected chi connectivity index (χ3v) is 4.04. The number of nitrogens with two attached hydrogens (primary N) is 1. The molecular weight excluding hydrogens is 172 g/mol. The van der Waals surface area contributed by atoms with Gasteiger partial charge in [0.1, 0.15) is 0 Å². The quantitative estimate of drug-likeness (QED) is 0.650. The molecule has 2 atom stereocenters. The van der Waals surface area contributed by atoms with Gasteiger partial charge in [0.2, 0.25) is 0 Å². The van der Waals surface area contributed by atoms with E-state index >= 15 is 0 Å². The molecule has 2 aliphatic rings. The first-order valence-electron chi connectivity index (χ1n) is 6.27. The molecule has 0 aromatic carbocycles. The van der Waals surface area contributed by atoms with Crippen molar-refractivity contribution in [2.45, 2.75) is 57.5 Å². The van der Waals surface area contributed by atoms with E-state index in [4.69, 9.17) is 5.73 Å². The maximum absolute atomic E-state index is 6.07. The van der Waals surface area contributed by atoms with Crippen molar-refractivity contribution in [2.75, 3.05) is 13.1 Å². The van der Waals surface area contributed by atoms with Crippen LogP contribution in [0.15, 0.2) is 0 Å². The Labute approximate surface area is 87.8 Å².